The number of carbonyl (C=O) groups is 4. The van der Waals surface area contributed by atoms with E-state index < -0.39 is 11.9 Å². The van der Waals surface area contributed by atoms with Gasteiger partial charge in [-0.05, 0) is 112 Å². The van der Waals surface area contributed by atoms with E-state index in [0.29, 0.717) is 30.8 Å². The molecule has 6 aromatic rings. The minimum absolute atomic E-state index is 0.0231. The number of unbranched alkanes of at least 4 members (excludes halogenated alkanes) is 4. The first-order chi connectivity index (χ1) is 29.6. The number of anilines is 1. The fourth-order valence-electron chi connectivity index (χ4n) is 9.62. The van der Waals surface area contributed by atoms with Crippen LogP contribution in [0.5, 0.6) is 0 Å². The molecule has 0 radical (unpaired) electrons. The van der Waals surface area contributed by atoms with Gasteiger partial charge in [0.1, 0.15) is 10.9 Å². The lowest BCUT2D eigenvalue weighted by atomic mass is 9.81. The summed E-state index contributed by atoms with van der Waals surface area (Å²) in [6.07, 6.45) is 11.1. The van der Waals surface area contributed by atoms with Crippen LogP contribution in [0.2, 0.25) is 0 Å². The van der Waals surface area contributed by atoms with Gasteiger partial charge in [-0.3, -0.25) is 33.6 Å². The lowest BCUT2D eigenvalue weighted by Gasteiger charge is -2.29. The van der Waals surface area contributed by atoms with Gasteiger partial charge >= 0.3 is 5.69 Å². The molecule has 5 heterocycles. The molecular formula is C48H53N7O5S. The quantitative estimate of drug-likeness (QED) is 0.0719. The highest BCUT2D eigenvalue weighted by Gasteiger charge is 2.31. The first kappa shape index (κ1) is 40.6. The maximum atomic E-state index is 13.1. The van der Waals surface area contributed by atoms with Crippen molar-refractivity contribution in [3.8, 4) is 11.3 Å². The summed E-state index contributed by atoms with van der Waals surface area (Å²) in [6, 6.07) is 22.8. The first-order valence-electron chi connectivity index (χ1n) is 22.0. The number of pyridine rings is 1. The molecule has 12 nitrogen and oxygen atoms in total. The molecule has 1 unspecified atom stereocenters. The molecule has 61 heavy (non-hydrogen) atoms. The fraction of sp³-hybridized carbons (Fsp3) is 0.417. The number of hydrogen-bond acceptors (Lipinski definition) is 8. The van der Waals surface area contributed by atoms with Crippen LogP contribution < -0.4 is 27.0 Å². The highest BCUT2D eigenvalue weighted by molar-refractivity contribution is 7.21. The predicted molar refractivity (Wildman–Crippen MR) is 241 cm³/mol. The topological polar surface area (TPSA) is 156 Å². The molecule has 1 saturated heterocycles. The van der Waals surface area contributed by atoms with E-state index in [4.69, 9.17) is 4.98 Å². The van der Waals surface area contributed by atoms with Crippen LogP contribution in [0.4, 0.5) is 5.69 Å². The maximum absolute atomic E-state index is 13.1. The summed E-state index contributed by atoms with van der Waals surface area (Å²) in [6.45, 7) is 2.69. The second-order valence-corrected chi connectivity index (χ2v) is 18.3. The molecule has 3 aromatic heterocycles. The van der Waals surface area contributed by atoms with Crippen molar-refractivity contribution >= 4 is 72.7 Å². The number of thiophene rings is 1. The van der Waals surface area contributed by atoms with Gasteiger partial charge in [0.05, 0.1) is 27.9 Å². The lowest BCUT2D eigenvalue weighted by Crippen LogP contribution is -2.44. The van der Waals surface area contributed by atoms with Crippen molar-refractivity contribution in [3.05, 3.63) is 93.2 Å². The van der Waals surface area contributed by atoms with E-state index in [9.17, 15) is 24.0 Å². The molecule has 1 saturated carbocycles. The van der Waals surface area contributed by atoms with Gasteiger partial charge in [-0.2, -0.15) is 0 Å². The van der Waals surface area contributed by atoms with Gasteiger partial charge in [0, 0.05) is 59.6 Å². The molecule has 2 fully saturated rings. The number of aryl methyl sites for hydroxylation is 2. The third kappa shape index (κ3) is 8.32. The third-order valence-electron chi connectivity index (χ3n) is 13.0. The number of nitrogens with zero attached hydrogens (tertiary/aromatic N) is 3. The zero-order valence-corrected chi connectivity index (χ0v) is 35.7. The number of imidazole rings is 1. The second kappa shape index (κ2) is 17.3. The molecule has 3 aliphatic rings. The molecular weight excluding hydrogens is 787 g/mol. The van der Waals surface area contributed by atoms with Gasteiger partial charge in [0.2, 0.25) is 17.7 Å². The molecule has 0 bridgehead atoms. The van der Waals surface area contributed by atoms with Gasteiger partial charge in [0.15, 0.2) is 0 Å². The van der Waals surface area contributed by atoms with Gasteiger partial charge in [-0.1, -0.05) is 49.6 Å². The maximum Gasteiger partial charge on any atom is 0.329 e. The highest BCUT2D eigenvalue weighted by Crippen LogP contribution is 2.41. The number of fused-ring (bicyclic) bond motifs is 6. The number of piperidine rings is 1. The molecule has 2 aliphatic heterocycles. The van der Waals surface area contributed by atoms with Gasteiger partial charge in [0.25, 0.3) is 5.91 Å². The van der Waals surface area contributed by atoms with E-state index in [2.05, 4.69) is 69.8 Å². The second-order valence-electron chi connectivity index (χ2n) is 17.3. The highest BCUT2D eigenvalue weighted by atomic mass is 32.1. The Balaban J connectivity index is 0.699. The van der Waals surface area contributed by atoms with E-state index >= 15 is 0 Å². The number of aromatic nitrogens is 3. The number of carbonyl (C=O) groups excluding carboxylic acids is 4. The van der Waals surface area contributed by atoms with Gasteiger partial charge in [-0.25, -0.2) is 9.78 Å². The van der Waals surface area contributed by atoms with Crippen LogP contribution in [0, 0.1) is 0 Å². The Kier molecular flexibility index (Phi) is 11.5. The summed E-state index contributed by atoms with van der Waals surface area (Å²) in [5.41, 5.74) is 7.56. The summed E-state index contributed by atoms with van der Waals surface area (Å²) >= 11 is 1.52. The summed E-state index contributed by atoms with van der Waals surface area (Å²) in [5, 5.41) is 14.4. The van der Waals surface area contributed by atoms with Crippen LogP contribution >= 0.6 is 11.3 Å². The molecule has 3 aromatic carbocycles. The van der Waals surface area contributed by atoms with Crippen molar-refractivity contribution in [3.63, 3.8) is 0 Å². The van der Waals surface area contributed by atoms with Crippen molar-refractivity contribution in [2.45, 2.75) is 114 Å². The minimum atomic E-state index is -0.679. The monoisotopic (exact) mass is 839 g/mol. The van der Waals surface area contributed by atoms with Crippen molar-refractivity contribution < 1.29 is 19.2 Å². The van der Waals surface area contributed by atoms with Crippen molar-refractivity contribution in [2.24, 2.45) is 7.05 Å². The number of imide groups is 1. The fourth-order valence-corrected chi connectivity index (χ4v) is 10.7. The molecule has 2 atom stereocenters. The van der Waals surface area contributed by atoms with Crippen LogP contribution in [0.3, 0.4) is 0 Å². The number of hydrogen-bond donors (Lipinski definition) is 4. The Morgan fingerprint density at radius 2 is 1.66 bits per heavy atom. The minimum Gasteiger partial charge on any atom is -0.381 e. The predicted octanol–water partition coefficient (Wildman–Crippen LogP) is 8.02. The van der Waals surface area contributed by atoms with E-state index in [1.165, 1.54) is 21.5 Å². The third-order valence-corrected chi connectivity index (χ3v) is 14.2. The van der Waals surface area contributed by atoms with E-state index in [1.54, 1.807) is 11.6 Å². The van der Waals surface area contributed by atoms with Crippen LogP contribution in [-0.2, 0) is 27.9 Å². The normalized spacial score (nSPS) is 20.6. The molecule has 316 valence electrons. The molecule has 13 heteroatoms. The van der Waals surface area contributed by atoms with Gasteiger partial charge < -0.3 is 16.0 Å². The smallest absolute Gasteiger partial charge is 0.329 e. The van der Waals surface area contributed by atoms with Gasteiger partial charge in [-0.15, -0.1) is 11.3 Å². The van der Waals surface area contributed by atoms with E-state index in [-0.39, 0.29) is 41.9 Å². The Hall–Kier alpha value is -5.82. The van der Waals surface area contributed by atoms with Crippen LogP contribution in [0.15, 0.2) is 71.5 Å². The Morgan fingerprint density at radius 3 is 2.46 bits per heavy atom. The van der Waals surface area contributed by atoms with Crippen LogP contribution in [-0.4, -0.2) is 56.4 Å². The number of amides is 4. The standard InChI is InChI=1S/C48H53N7O5S/c1-28-27-49-44-43-34-19-20-35(52-36(34)21-24-40(43)61-45(44)47(59)50-28)32-13-11-30(12-14-32)31-15-17-33(18-16-31)51-41(56)9-7-5-3-4-6-8-29-10-22-37-39(26-29)54(2)48(60)55(37)38-23-25-42(57)53-46(38)58/h10-14,19-22,24,26,28,31,33,38,49H,3-9,15-18,23,25,27H2,1-2H3,(H,50,59)(H,51,56)(H,53,57,58)/t28-,31?,33?,38?/m1/s1. The van der Waals surface area contributed by atoms with Crippen LogP contribution in [0.25, 0.3) is 43.3 Å². The van der Waals surface area contributed by atoms with E-state index in [0.717, 1.165) is 118 Å². The zero-order valence-electron chi connectivity index (χ0n) is 34.9. The summed E-state index contributed by atoms with van der Waals surface area (Å²) in [5.74, 6) is -0.106. The largest absolute Gasteiger partial charge is 0.381 e. The van der Waals surface area contributed by atoms with Crippen molar-refractivity contribution in [1.82, 2.24) is 30.1 Å². The summed E-state index contributed by atoms with van der Waals surface area (Å²) < 4.78 is 4.18. The number of benzene rings is 3. The molecule has 4 amide bonds. The number of nitrogens with one attached hydrogen (secondary N) is 4. The molecule has 0 spiro atoms. The van der Waals surface area contributed by atoms with Crippen molar-refractivity contribution in [2.75, 3.05) is 11.9 Å². The zero-order chi connectivity index (χ0) is 42.2. The average molecular weight is 840 g/mol. The lowest BCUT2D eigenvalue weighted by molar-refractivity contribution is -0.135. The molecule has 4 N–H and O–H groups in total. The molecule has 9 rings (SSSR count). The SMILES string of the molecule is C[C@@H]1CNc2c(sc3ccc4nc(-c5ccc(C6CCC(NC(=O)CCCCCCCc7ccc8c(c7)n(C)c(=O)n8C7CCC(=O)NC7=O)CC6)cc5)ccc4c23)C(=O)N1. The first-order valence-corrected chi connectivity index (χ1v) is 22.8. The van der Waals surface area contributed by atoms with Crippen LogP contribution in [0.1, 0.15) is 117 Å². The Bertz CT molecular complexity index is 2720. The van der Waals surface area contributed by atoms with E-state index in [1.807, 2.05) is 25.1 Å². The Morgan fingerprint density at radius 1 is 0.869 bits per heavy atom. The molecule has 1 aliphatic carbocycles. The number of rotatable bonds is 12. The summed E-state index contributed by atoms with van der Waals surface area (Å²) in [7, 11) is 1.72. The average Bonchev–Trinajstić information content (AvgIpc) is 3.71. The Labute approximate surface area is 358 Å². The summed E-state index contributed by atoms with van der Waals surface area (Å²) in [4.78, 5) is 68.7. The van der Waals surface area contributed by atoms with Crippen molar-refractivity contribution in [1.29, 1.82) is 0 Å².